The monoisotopic (exact) mass is 459 g/mol. The van der Waals surface area contributed by atoms with Gasteiger partial charge in [-0.2, -0.15) is 0 Å². The van der Waals surface area contributed by atoms with E-state index >= 15 is 0 Å². The van der Waals surface area contributed by atoms with Crippen molar-refractivity contribution in [1.82, 2.24) is 9.55 Å². The Balaban J connectivity index is 1.80. The highest BCUT2D eigenvalue weighted by molar-refractivity contribution is 7.98. The molecule has 0 amide bonds. The summed E-state index contributed by atoms with van der Waals surface area (Å²) in [6, 6.07) is 21.6. The van der Waals surface area contributed by atoms with E-state index in [2.05, 4.69) is 5.32 Å². The van der Waals surface area contributed by atoms with Gasteiger partial charge in [-0.3, -0.25) is 4.57 Å². The first-order valence-electron chi connectivity index (χ1n) is 10.7. The number of aromatic nitrogens is 2. The molecule has 3 aromatic carbocycles. The lowest BCUT2D eigenvalue weighted by molar-refractivity contribution is -0.138. The van der Waals surface area contributed by atoms with Gasteiger partial charge in [0, 0.05) is 4.90 Å². The van der Waals surface area contributed by atoms with E-state index in [1.54, 1.807) is 30.8 Å². The summed E-state index contributed by atoms with van der Waals surface area (Å²) in [7, 11) is 0. The fourth-order valence-corrected chi connectivity index (χ4v) is 4.62. The van der Waals surface area contributed by atoms with Crippen LogP contribution >= 0.6 is 11.8 Å². The van der Waals surface area contributed by atoms with Gasteiger partial charge in [0.2, 0.25) is 5.95 Å². The van der Waals surface area contributed by atoms with Crippen LogP contribution in [0.1, 0.15) is 24.1 Å². The predicted octanol–water partition coefficient (Wildman–Crippen LogP) is 5.89. The van der Waals surface area contributed by atoms with Crippen LogP contribution in [0.4, 0.5) is 10.3 Å². The number of halogens is 1. The Hall–Kier alpha value is -3.58. The summed E-state index contributed by atoms with van der Waals surface area (Å²) in [5.74, 6) is -0.154. The van der Waals surface area contributed by atoms with Gasteiger partial charge in [-0.15, -0.1) is 11.8 Å². The smallest absolute Gasteiger partial charge is 0.338 e. The molecule has 5 rings (SSSR count). The second-order valence-corrected chi connectivity index (χ2v) is 8.49. The molecule has 1 aliphatic heterocycles. The van der Waals surface area contributed by atoms with Crippen molar-refractivity contribution in [3.05, 3.63) is 95.3 Å². The molecule has 7 heteroatoms. The van der Waals surface area contributed by atoms with E-state index in [0.717, 1.165) is 21.5 Å². The third-order valence-electron chi connectivity index (χ3n) is 5.69. The molecule has 5 nitrogen and oxygen atoms in total. The number of hydrogen-bond acceptors (Lipinski definition) is 5. The summed E-state index contributed by atoms with van der Waals surface area (Å²) >= 11 is 1.66. The number of ether oxygens (including phenoxy) is 1. The fourth-order valence-electron chi connectivity index (χ4n) is 4.21. The quantitative estimate of drug-likeness (QED) is 0.298. The van der Waals surface area contributed by atoms with Gasteiger partial charge in [-0.05, 0) is 72.8 Å². The number of benzene rings is 3. The minimum atomic E-state index is -0.469. The Morgan fingerprint density at radius 1 is 1.09 bits per heavy atom. The molecule has 1 aromatic heterocycles. The van der Waals surface area contributed by atoms with Gasteiger partial charge in [0.1, 0.15) is 5.82 Å². The van der Waals surface area contributed by atoms with Crippen molar-refractivity contribution in [3.63, 3.8) is 0 Å². The maximum atomic E-state index is 13.7. The molecule has 0 spiro atoms. The minimum Gasteiger partial charge on any atom is -0.463 e. The van der Waals surface area contributed by atoms with E-state index in [-0.39, 0.29) is 12.4 Å². The molecule has 2 heterocycles. The molecule has 0 aliphatic carbocycles. The zero-order valence-corrected chi connectivity index (χ0v) is 19.0. The third kappa shape index (κ3) is 3.78. The molecule has 0 radical (unpaired) electrons. The first kappa shape index (κ1) is 21.3. The lowest BCUT2D eigenvalue weighted by atomic mass is 9.92. The lowest BCUT2D eigenvalue weighted by Crippen LogP contribution is -2.29. The normalized spacial score (nSPS) is 15.3. The van der Waals surface area contributed by atoms with Crippen LogP contribution in [0, 0.1) is 5.82 Å². The van der Waals surface area contributed by atoms with Crippen molar-refractivity contribution in [2.24, 2.45) is 0 Å². The number of carbonyl (C=O) groups excluding carboxylic acids is 1. The standard InChI is InChI=1S/C26H22FN3O2S/c1-3-32-25(31)22-23(16-8-12-18(27)13-9-16)29-26-28-20-6-4-5-7-21(20)30(26)24(22)17-10-14-19(33-2)15-11-17/h4-15,24H,3H2,1-2H3,(H,28,29). The van der Waals surface area contributed by atoms with Gasteiger partial charge >= 0.3 is 5.97 Å². The highest BCUT2D eigenvalue weighted by atomic mass is 32.2. The van der Waals surface area contributed by atoms with Crippen molar-refractivity contribution < 1.29 is 13.9 Å². The van der Waals surface area contributed by atoms with Gasteiger partial charge in [0.25, 0.3) is 0 Å². The summed E-state index contributed by atoms with van der Waals surface area (Å²) < 4.78 is 21.2. The molecule has 0 saturated heterocycles. The fraction of sp³-hybridized carbons (Fsp3) is 0.154. The second-order valence-electron chi connectivity index (χ2n) is 7.61. The number of thioether (sulfide) groups is 1. The first-order chi connectivity index (χ1) is 16.1. The number of nitrogens with one attached hydrogen (secondary N) is 1. The van der Waals surface area contributed by atoms with Crippen LogP contribution in [-0.2, 0) is 9.53 Å². The maximum Gasteiger partial charge on any atom is 0.338 e. The molecule has 0 fully saturated rings. The van der Waals surface area contributed by atoms with Gasteiger partial charge in [0.15, 0.2) is 0 Å². The van der Waals surface area contributed by atoms with Crippen molar-refractivity contribution in [2.45, 2.75) is 17.9 Å². The average molecular weight is 460 g/mol. The highest BCUT2D eigenvalue weighted by Crippen LogP contribution is 2.42. The van der Waals surface area contributed by atoms with Gasteiger partial charge < -0.3 is 10.1 Å². The van der Waals surface area contributed by atoms with E-state index in [4.69, 9.17) is 9.72 Å². The molecule has 0 bridgehead atoms. The van der Waals surface area contributed by atoms with Crippen LogP contribution in [0.25, 0.3) is 16.7 Å². The van der Waals surface area contributed by atoms with Gasteiger partial charge in [0.05, 0.1) is 35.0 Å². The molecule has 1 N–H and O–H groups in total. The first-order valence-corrected chi connectivity index (χ1v) is 11.9. The van der Waals surface area contributed by atoms with Crippen molar-refractivity contribution in [3.8, 4) is 0 Å². The summed E-state index contributed by atoms with van der Waals surface area (Å²) in [4.78, 5) is 19.3. The van der Waals surface area contributed by atoms with Crippen LogP contribution in [0.3, 0.4) is 0 Å². The second kappa shape index (κ2) is 8.75. The number of para-hydroxylation sites is 2. The maximum absolute atomic E-state index is 13.7. The van der Waals surface area contributed by atoms with Crippen molar-refractivity contribution >= 4 is 40.4 Å². The molecular formula is C26H22FN3O2S. The van der Waals surface area contributed by atoms with Gasteiger partial charge in [-0.25, -0.2) is 14.2 Å². The van der Waals surface area contributed by atoms with Crippen LogP contribution < -0.4 is 5.32 Å². The van der Waals surface area contributed by atoms with E-state index < -0.39 is 12.0 Å². The Bertz CT molecular complexity index is 1360. The topological polar surface area (TPSA) is 56.1 Å². The molecular weight excluding hydrogens is 437 g/mol. The number of carbonyl (C=O) groups is 1. The number of rotatable bonds is 5. The Labute approximate surface area is 195 Å². The van der Waals surface area contributed by atoms with E-state index in [9.17, 15) is 9.18 Å². The number of hydrogen-bond donors (Lipinski definition) is 1. The average Bonchev–Trinajstić information content (AvgIpc) is 3.22. The molecule has 1 unspecified atom stereocenters. The Morgan fingerprint density at radius 2 is 1.82 bits per heavy atom. The third-order valence-corrected chi connectivity index (χ3v) is 6.44. The summed E-state index contributed by atoms with van der Waals surface area (Å²) in [6.07, 6.45) is 2.03. The number of esters is 1. The zero-order valence-electron chi connectivity index (χ0n) is 18.2. The number of anilines is 1. The number of imidazole rings is 1. The molecule has 166 valence electrons. The molecule has 4 aromatic rings. The van der Waals surface area contributed by atoms with Crippen LogP contribution in [0.2, 0.25) is 0 Å². The Morgan fingerprint density at radius 3 is 2.52 bits per heavy atom. The van der Waals surface area contributed by atoms with Crippen molar-refractivity contribution in [1.29, 1.82) is 0 Å². The SMILES string of the molecule is CCOC(=O)C1=C(c2ccc(F)cc2)Nc2nc3ccccc3n2C1c1ccc(SC)cc1. The van der Waals surface area contributed by atoms with Crippen LogP contribution in [-0.4, -0.2) is 28.4 Å². The van der Waals surface area contributed by atoms with Gasteiger partial charge in [-0.1, -0.05) is 24.3 Å². The summed E-state index contributed by atoms with van der Waals surface area (Å²) in [6.45, 7) is 2.03. The number of nitrogens with zero attached hydrogens (tertiary/aromatic N) is 2. The summed E-state index contributed by atoms with van der Waals surface area (Å²) in [5, 5.41) is 3.34. The zero-order chi connectivity index (χ0) is 22.9. The summed E-state index contributed by atoms with van der Waals surface area (Å²) in [5.41, 5.74) is 4.35. The molecule has 33 heavy (non-hydrogen) atoms. The lowest BCUT2D eigenvalue weighted by Gasteiger charge is -2.31. The number of fused-ring (bicyclic) bond motifs is 3. The van der Waals surface area contributed by atoms with E-state index in [1.807, 2.05) is 59.4 Å². The van der Waals surface area contributed by atoms with Crippen LogP contribution in [0.15, 0.2) is 83.3 Å². The van der Waals surface area contributed by atoms with Crippen molar-refractivity contribution in [2.75, 3.05) is 18.2 Å². The molecule has 0 saturated carbocycles. The predicted molar refractivity (Wildman–Crippen MR) is 130 cm³/mol. The highest BCUT2D eigenvalue weighted by Gasteiger charge is 2.36. The van der Waals surface area contributed by atoms with Crippen LogP contribution in [0.5, 0.6) is 0 Å². The van der Waals surface area contributed by atoms with E-state index in [1.165, 1.54) is 12.1 Å². The Kier molecular flexibility index (Phi) is 5.64. The molecule has 1 aliphatic rings. The van der Waals surface area contributed by atoms with E-state index in [0.29, 0.717) is 22.8 Å². The largest absolute Gasteiger partial charge is 0.463 e. The minimum absolute atomic E-state index is 0.245. The molecule has 1 atom stereocenters.